The molecule has 0 unspecified atom stereocenters. The molecule has 2 N–H and O–H groups in total. The van der Waals surface area contributed by atoms with E-state index in [0.717, 1.165) is 6.42 Å². The van der Waals surface area contributed by atoms with Crippen LogP contribution in [0.3, 0.4) is 0 Å². The molecule has 0 aliphatic rings. The molecule has 6 nitrogen and oxygen atoms in total. The zero-order valence-electron chi connectivity index (χ0n) is 11.6. The van der Waals surface area contributed by atoms with Gasteiger partial charge in [-0.25, -0.2) is 4.98 Å². The van der Waals surface area contributed by atoms with E-state index in [1.165, 1.54) is 0 Å². The molecular weight excluding hydrogens is 246 g/mol. The van der Waals surface area contributed by atoms with Crippen LogP contribution < -0.4 is 5.32 Å². The van der Waals surface area contributed by atoms with Crippen LogP contribution >= 0.6 is 0 Å². The van der Waals surface area contributed by atoms with Gasteiger partial charge in [-0.3, -0.25) is 9.59 Å². The summed E-state index contributed by atoms with van der Waals surface area (Å²) >= 11 is 0. The molecular formula is C13H21N3O3. The molecule has 1 rings (SSSR count). The van der Waals surface area contributed by atoms with Gasteiger partial charge in [0.05, 0.1) is 6.33 Å². The standard InChI is InChI=1S/C13H21N3O3/c1-9(2)4-10(5-12(17)18)6-14-13(19)11-7-16(3)8-15-11/h7-10H,4-6H2,1-3H3,(H,14,19)(H,17,18)/t10-/m0/s1. The largest absolute Gasteiger partial charge is 0.481 e. The number of carbonyl (C=O) groups is 2. The molecule has 1 atom stereocenters. The van der Waals surface area contributed by atoms with Crippen molar-refractivity contribution in [3.8, 4) is 0 Å². The Hall–Kier alpha value is -1.85. The van der Waals surface area contributed by atoms with Crippen LogP contribution in [0.5, 0.6) is 0 Å². The lowest BCUT2D eigenvalue weighted by Gasteiger charge is -2.17. The van der Waals surface area contributed by atoms with E-state index in [1.54, 1.807) is 24.1 Å². The van der Waals surface area contributed by atoms with E-state index in [9.17, 15) is 9.59 Å². The number of nitrogens with one attached hydrogen (secondary N) is 1. The fourth-order valence-corrected chi connectivity index (χ4v) is 2.01. The van der Waals surface area contributed by atoms with Crippen LogP contribution in [0.4, 0.5) is 0 Å². The van der Waals surface area contributed by atoms with Crippen molar-refractivity contribution in [2.45, 2.75) is 26.7 Å². The SMILES string of the molecule is CC(C)C[C@H](CNC(=O)c1cn(C)cn1)CC(=O)O. The summed E-state index contributed by atoms with van der Waals surface area (Å²) in [6, 6.07) is 0. The molecule has 1 amide bonds. The van der Waals surface area contributed by atoms with Gasteiger partial charge in [0.15, 0.2) is 0 Å². The highest BCUT2D eigenvalue weighted by Crippen LogP contribution is 2.14. The summed E-state index contributed by atoms with van der Waals surface area (Å²) in [6.07, 6.45) is 4.03. The number of carboxylic acid groups (broad SMARTS) is 1. The van der Waals surface area contributed by atoms with E-state index >= 15 is 0 Å². The van der Waals surface area contributed by atoms with Gasteiger partial charge in [0.1, 0.15) is 5.69 Å². The smallest absolute Gasteiger partial charge is 0.303 e. The molecule has 0 aromatic carbocycles. The first-order valence-electron chi connectivity index (χ1n) is 6.36. The number of hydrogen-bond donors (Lipinski definition) is 2. The van der Waals surface area contributed by atoms with Crippen molar-refractivity contribution in [2.75, 3.05) is 6.54 Å². The third-order valence-corrected chi connectivity index (χ3v) is 2.76. The third kappa shape index (κ3) is 5.54. The number of rotatable bonds is 7. The summed E-state index contributed by atoms with van der Waals surface area (Å²) in [7, 11) is 1.79. The van der Waals surface area contributed by atoms with Crippen molar-refractivity contribution in [2.24, 2.45) is 18.9 Å². The molecule has 1 aromatic heterocycles. The third-order valence-electron chi connectivity index (χ3n) is 2.76. The number of carbonyl (C=O) groups excluding carboxylic acids is 1. The van der Waals surface area contributed by atoms with Gasteiger partial charge < -0.3 is 15.0 Å². The normalized spacial score (nSPS) is 12.4. The molecule has 0 spiro atoms. The summed E-state index contributed by atoms with van der Waals surface area (Å²) in [6.45, 7) is 4.44. The summed E-state index contributed by atoms with van der Waals surface area (Å²) in [5.41, 5.74) is 0.348. The van der Waals surface area contributed by atoms with Crippen LogP contribution in [0.2, 0.25) is 0 Å². The van der Waals surface area contributed by atoms with Crippen LogP contribution in [-0.4, -0.2) is 33.1 Å². The number of nitrogens with zero attached hydrogens (tertiary/aromatic N) is 2. The number of aliphatic carboxylic acids is 1. The molecule has 0 aliphatic carbocycles. The number of carboxylic acids is 1. The Bertz CT molecular complexity index is 440. The second-order valence-electron chi connectivity index (χ2n) is 5.23. The zero-order chi connectivity index (χ0) is 14.4. The number of hydrogen-bond acceptors (Lipinski definition) is 3. The lowest BCUT2D eigenvalue weighted by molar-refractivity contribution is -0.138. The van der Waals surface area contributed by atoms with E-state index in [4.69, 9.17) is 5.11 Å². The Balaban J connectivity index is 2.50. The predicted octanol–water partition coefficient (Wildman–Crippen LogP) is 1.29. The van der Waals surface area contributed by atoms with Gasteiger partial charge in [-0.1, -0.05) is 13.8 Å². The second kappa shape index (κ2) is 6.92. The van der Waals surface area contributed by atoms with Crippen LogP contribution in [0.1, 0.15) is 37.2 Å². The Labute approximate surface area is 112 Å². The van der Waals surface area contributed by atoms with Crippen LogP contribution in [0.15, 0.2) is 12.5 Å². The molecule has 0 saturated carbocycles. The molecule has 19 heavy (non-hydrogen) atoms. The maximum absolute atomic E-state index is 11.8. The minimum Gasteiger partial charge on any atom is -0.481 e. The Morgan fingerprint density at radius 1 is 1.47 bits per heavy atom. The van der Waals surface area contributed by atoms with Gasteiger partial charge in [0.25, 0.3) is 5.91 Å². The van der Waals surface area contributed by atoms with Gasteiger partial charge >= 0.3 is 5.97 Å². The molecule has 0 radical (unpaired) electrons. The average Bonchev–Trinajstić information content (AvgIpc) is 2.71. The maximum atomic E-state index is 11.8. The minimum absolute atomic E-state index is 0.0508. The van der Waals surface area contributed by atoms with E-state index < -0.39 is 5.97 Å². The zero-order valence-corrected chi connectivity index (χ0v) is 11.6. The second-order valence-corrected chi connectivity index (χ2v) is 5.23. The minimum atomic E-state index is -0.835. The summed E-state index contributed by atoms with van der Waals surface area (Å²) < 4.78 is 1.69. The van der Waals surface area contributed by atoms with E-state index in [0.29, 0.717) is 18.2 Å². The molecule has 6 heteroatoms. The van der Waals surface area contributed by atoms with E-state index in [1.807, 2.05) is 13.8 Å². The summed E-state index contributed by atoms with van der Waals surface area (Å²) in [5, 5.41) is 11.6. The fourth-order valence-electron chi connectivity index (χ4n) is 2.01. The van der Waals surface area contributed by atoms with Crippen molar-refractivity contribution in [3.05, 3.63) is 18.2 Å². The van der Waals surface area contributed by atoms with Gasteiger partial charge in [-0.15, -0.1) is 0 Å². The topological polar surface area (TPSA) is 84.2 Å². The lowest BCUT2D eigenvalue weighted by Crippen LogP contribution is -2.31. The van der Waals surface area contributed by atoms with Crippen LogP contribution in [0, 0.1) is 11.8 Å². The maximum Gasteiger partial charge on any atom is 0.303 e. The summed E-state index contributed by atoms with van der Waals surface area (Å²) in [5.74, 6) is -0.751. The number of imidazole rings is 1. The quantitative estimate of drug-likeness (QED) is 0.779. The highest BCUT2D eigenvalue weighted by atomic mass is 16.4. The highest BCUT2D eigenvalue weighted by molar-refractivity contribution is 5.92. The Morgan fingerprint density at radius 2 is 2.16 bits per heavy atom. The molecule has 106 valence electrons. The van der Waals surface area contributed by atoms with Crippen molar-refractivity contribution in [3.63, 3.8) is 0 Å². The monoisotopic (exact) mass is 267 g/mol. The number of aromatic nitrogens is 2. The van der Waals surface area contributed by atoms with Crippen molar-refractivity contribution in [1.29, 1.82) is 0 Å². The molecule has 0 fully saturated rings. The van der Waals surface area contributed by atoms with E-state index in [2.05, 4.69) is 10.3 Å². The van der Waals surface area contributed by atoms with Crippen LogP contribution in [-0.2, 0) is 11.8 Å². The molecule has 0 saturated heterocycles. The number of aryl methyl sites for hydroxylation is 1. The average molecular weight is 267 g/mol. The molecule has 1 heterocycles. The van der Waals surface area contributed by atoms with Gasteiger partial charge in [0, 0.05) is 26.2 Å². The van der Waals surface area contributed by atoms with Gasteiger partial charge in [-0.05, 0) is 18.3 Å². The lowest BCUT2D eigenvalue weighted by atomic mass is 9.94. The Morgan fingerprint density at radius 3 is 2.63 bits per heavy atom. The van der Waals surface area contributed by atoms with Crippen LogP contribution in [0.25, 0.3) is 0 Å². The van der Waals surface area contributed by atoms with E-state index in [-0.39, 0.29) is 18.2 Å². The first-order valence-corrected chi connectivity index (χ1v) is 6.36. The first-order chi connectivity index (χ1) is 8.88. The Kier molecular flexibility index (Phi) is 5.54. The van der Waals surface area contributed by atoms with Crippen molar-refractivity contribution >= 4 is 11.9 Å². The van der Waals surface area contributed by atoms with Crippen molar-refractivity contribution < 1.29 is 14.7 Å². The first kappa shape index (κ1) is 15.2. The molecule has 0 bridgehead atoms. The molecule has 1 aromatic rings. The summed E-state index contributed by atoms with van der Waals surface area (Å²) in [4.78, 5) is 26.5. The van der Waals surface area contributed by atoms with Gasteiger partial charge in [-0.2, -0.15) is 0 Å². The van der Waals surface area contributed by atoms with Crippen molar-refractivity contribution in [1.82, 2.24) is 14.9 Å². The fraction of sp³-hybridized carbons (Fsp3) is 0.615. The van der Waals surface area contributed by atoms with Gasteiger partial charge in [0.2, 0.25) is 0 Å². The number of amides is 1. The highest BCUT2D eigenvalue weighted by Gasteiger charge is 2.17. The molecule has 0 aliphatic heterocycles. The predicted molar refractivity (Wildman–Crippen MR) is 70.7 cm³/mol.